The SMILES string of the molecule is CN(C)c1nc(N)nc(CSCC(=O)NC(C)(C)C)n1. The van der Waals surface area contributed by atoms with Gasteiger partial charge in [0.15, 0.2) is 0 Å². The smallest absolute Gasteiger partial charge is 0.230 e. The first-order valence-electron chi connectivity index (χ1n) is 6.24. The first-order chi connectivity index (χ1) is 9.17. The summed E-state index contributed by atoms with van der Waals surface area (Å²) >= 11 is 1.45. The quantitative estimate of drug-likeness (QED) is 0.824. The largest absolute Gasteiger partial charge is 0.368 e. The van der Waals surface area contributed by atoms with Gasteiger partial charge in [0.1, 0.15) is 5.82 Å². The maximum Gasteiger partial charge on any atom is 0.230 e. The summed E-state index contributed by atoms with van der Waals surface area (Å²) < 4.78 is 0. The summed E-state index contributed by atoms with van der Waals surface area (Å²) in [7, 11) is 3.67. The van der Waals surface area contributed by atoms with E-state index in [9.17, 15) is 4.79 Å². The number of nitrogens with two attached hydrogens (primary N) is 1. The molecule has 0 aliphatic heterocycles. The van der Waals surface area contributed by atoms with Crippen molar-refractivity contribution in [1.82, 2.24) is 20.3 Å². The van der Waals surface area contributed by atoms with E-state index in [1.54, 1.807) is 4.90 Å². The summed E-state index contributed by atoms with van der Waals surface area (Å²) in [6.45, 7) is 5.85. The number of anilines is 2. The predicted octanol–water partition coefficient (Wildman–Crippen LogP) is 0.668. The van der Waals surface area contributed by atoms with Gasteiger partial charge in [0, 0.05) is 19.6 Å². The molecule has 7 nitrogen and oxygen atoms in total. The van der Waals surface area contributed by atoms with E-state index in [1.165, 1.54) is 11.8 Å². The molecule has 0 spiro atoms. The van der Waals surface area contributed by atoms with E-state index in [2.05, 4.69) is 20.3 Å². The van der Waals surface area contributed by atoms with E-state index in [0.717, 1.165) is 0 Å². The Bertz CT molecular complexity index is 472. The molecule has 1 amide bonds. The van der Waals surface area contributed by atoms with Gasteiger partial charge in [0.25, 0.3) is 0 Å². The van der Waals surface area contributed by atoms with Crippen LogP contribution < -0.4 is 16.0 Å². The average molecular weight is 298 g/mol. The second-order valence-electron chi connectivity index (χ2n) is 5.60. The fourth-order valence-electron chi connectivity index (χ4n) is 1.38. The van der Waals surface area contributed by atoms with Crippen LogP contribution in [0.5, 0.6) is 0 Å². The van der Waals surface area contributed by atoms with Crippen molar-refractivity contribution < 1.29 is 4.79 Å². The molecule has 1 aromatic heterocycles. The maximum atomic E-state index is 11.7. The Hall–Kier alpha value is -1.57. The van der Waals surface area contributed by atoms with E-state index >= 15 is 0 Å². The van der Waals surface area contributed by atoms with Gasteiger partial charge in [-0.2, -0.15) is 15.0 Å². The molecule has 0 aliphatic carbocycles. The van der Waals surface area contributed by atoms with Crippen molar-refractivity contribution in [1.29, 1.82) is 0 Å². The number of carbonyl (C=O) groups excluding carboxylic acids is 1. The second kappa shape index (κ2) is 6.74. The third-order valence-electron chi connectivity index (χ3n) is 2.07. The van der Waals surface area contributed by atoms with Gasteiger partial charge in [-0.15, -0.1) is 11.8 Å². The van der Waals surface area contributed by atoms with Gasteiger partial charge in [-0.05, 0) is 20.8 Å². The lowest BCUT2D eigenvalue weighted by Crippen LogP contribution is -2.41. The first kappa shape index (κ1) is 16.5. The summed E-state index contributed by atoms with van der Waals surface area (Å²) in [4.78, 5) is 25.8. The topological polar surface area (TPSA) is 97.0 Å². The Labute approximate surface area is 123 Å². The normalized spacial score (nSPS) is 11.2. The number of amides is 1. The van der Waals surface area contributed by atoms with Crippen molar-refractivity contribution in [3.05, 3.63) is 5.82 Å². The third kappa shape index (κ3) is 6.05. The van der Waals surface area contributed by atoms with Crippen molar-refractivity contribution in [2.45, 2.75) is 32.1 Å². The van der Waals surface area contributed by atoms with E-state index in [1.807, 2.05) is 34.9 Å². The van der Waals surface area contributed by atoms with Crippen LogP contribution in [0.15, 0.2) is 0 Å². The Morgan fingerprint density at radius 3 is 2.50 bits per heavy atom. The Morgan fingerprint density at radius 2 is 1.95 bits per heavy atom. The summed E-state index contributed by atoms with van der Waals surface area (Å²) in [5.41, 5.74) is 5.42. The number of aromatic nitrogens is 3. The van der Waals surface area contributed by atoms with Crippen LogP contribution >= 0.6 is 11.8 Å². The minimum atomic E-state index is -0.215. The molecule has 0 fully saturated rings. The Morgan fingerprint density at radius 1 is 1.30 bits per heavy atom. The number of hydrogen-bond donors (Lipinski definition) is 2. The molecule has 3 N–H and O–H groups in total. The van der Waals surface area contributed by atoms with Crippen LogP contribution in [0.4, 0.5) is 11.9 Å². The Balaban J connectivity index is 2.52. The molecule has 20 heavy (non-hydrogen) atoms. The molecule has 0 aliphatic rings. The van der Waals surface area contributed by atoms with Gasteiger partial charge in [-0.3, -0.25) is 4.79 Å². The molecule has 0 unspecified atom stereocenters. The molecular weight excluding hydrogens is 276 g/mol. The highest BCUT2D eigenvalue weighted by atomic mass is 32.2. The summed E-state index contributed by atoms with van der Waals surface area (Å²) in [6, 6.07) is 0. The fraction of sp³-hybridized carbons (Fsp3) is 0.667. The van der Waals surface area contributed by atoms with Crippen LogP contribution in [-0.4, -0.2) is 46.2 Å². The van der Waals surface area contributed by atoms with Crippen LogP contribution in [-0.2, 0) is 10.5 Å². The van der Waals surface area contributed by atoms with Gasteiger partial charge in [0.05, 0.1) is 11.5 Å². The number of carbonyl (C=O) groups is 1. The highest BCUT2D eigenvalue weighted by Crippen LogP contribution is 2.12. The highest BCUT2D eigenvalue weighted by Gasteiger charge is 2.14. The standard InChI is InChI=1S/C12H22N6OS/c1-12(2,3)17-9(19)7-20-6-8-14-10(13)16-11(15-8)18(4)5/h6-7H2,1-5H3,(H,17,19)(H2,13,14,15,16). The van der Waals surface area contributed by atoms with Crippen molar-refractivity contribution >= 4 is 29.6 Å². The minimum absolute atomic E-state index is 0.00244. The molecule has 0 radical (unpaired) electrons. The van der Waals surface area contributed by atoms with Crippen LogP contribution in [0.25, 0.3) is 0 Å². The molecule has 0 bridgehead atoms. The van der Waals surface area contributed by atoms with Crippen molar-refractivity contribution in [2.75, 3.05) is 30.5 Å². The van der Waals surface area contributed by atoms with Crippen molar-refractivity contribution in [2.24, 2.45) is 0 Å². The van der Waals surface area contributed by atoms with E-state index in [-0.39, 0.29) is 17.4 Å². The molecule has 112 valence electrons. The van der Waals surface area contributed by atoms with Gasteiger partial charge in [0.2, 0.25) is 17.8 Å². The van der Waals surface area contributed by atoms with Gasteiger partial charge < -0.3 is 16.0 Å². The summed E-state index contributed by atoms with van der Waals surface area (Å²) in [5.74, 6) is 2.17. The number of nitrogens with zero attached hydrogens (tertiary/aromatic N) is 4. The lowest BCUT2D eigenvalue weighted by Gasteiger charge is -2.20. The monoisotopic (exact) mass is 298 g/mol. The maximum absolute atomic E-state index is 11.7. The molecule has 0 saturated heterocycles. The van der Waals surface area contributed by atoms with E-state index in [4.69, 9.17) is 5.73 Å². The van der Waals surface area contributed by atoms with Gasteiger partial charge >= 0.3 is 0 Å². The number of nitrogen functional groups attached to an aromatic ring is 1. The predicted molar refractivity (Wildman–Crippen MR) is 82.6 cm³/mol. The molecular formula is C12H22N6OS. The van der Waals surface area contributed by atoms with Crippen LogP contribution in [0.1, 0.15) is 26.6 Å². The van der Waals surface area contributed by atoms with Crippen LogP contribution in [0.3, 0.4) is 0 Å². The summed E-state index contributed by atoms with van der Waals surface area (Å²) in [6.07, 6.45) is 0. The minimum Gasteiger partial charge on any atom is -0.368 e. The van der Waals surface area contributed by atoms with Crippen molar-refractivity contribution in [3.63, 3.8) is 0 Å². The number of hydrogen-bond acceptors (Lipinski definition) is 7. The molecule has 0 saturated carbocycles. The fourth-order valence-corrected chi connectivity index (χ4v) is 2.05. The van der Waals surface area contributed by atoms with Gasteiger partial charge in [-0.25, -0.2) is 0 Å². The Kier molecular flexibility index (Phi) is 5.55. The molecule has 1 aromatic rings. The first-order valence-corrected chi connectivity index (χ1v) is 7.39. The highest BCUT2D eigenvalue weighted by molar-refractivity contribution is 7.99. The zero-order valence-electron chi connectivity index (χ0n) is 12.6. The zero-order valence-corrected chi connectivity index (χ0v) is 13.4. The average Bonchev–Trinajstić information content (AvgIpc) is 2.25. The summed E-state index contributed by atoms with van der Waals surface area (Å²) in [5, 5.41) is 2.90. The molecule has 8 heteroatoms. The zero-order chi connectivity index (χ0) is 15.3. The number of thioether (sulfide) groups is 1. The number of nitrogens with one attached hydrogen (secondary N) is 1. The van der Waals surface area contributed by atoms with Crippen molar-refractivity contribution in [3.8, 4) is 0 Å². The lowest BCUT2D eigenvalue weighted by atomic mass is 10.1. The number of rotatable bonds is 5. The molecule has 0 aromatic carbocycles. The van der Waals surface area contributed by atoms with Crippen LogP contribution in [0.2, 0.25) is 0 Å². The van der Waals surface area contributed by atoms with Crippen LogP contribution in [0, 0.1) is 0 Å². The molecule has 1 heterocycles. The van der Waals surface area contributed by atoms with Gasteiger partial charge in [-0.1, -0.05) is 0 Å². The lowest BCUT2D eigenvalue weighted by molar-refractivity contribution is -0.119. The third-order valence-corrected chi connectivity index (χ3v) is 2.99. The van der Waals surface area contributed by atoms with E-state index in [0.29, 0.717) is 23.3 Å². The molecule has 0 atom stereocenters. The van der Waals surface area contributed by atoms with E-state index < -0.39 is 0 Å². The second-order valence-corrected chi connectivity index (χ2v) is 6.58. The molecule has 1 rings (SSSR count).